The van der Waals surface area contributed by atoms with Crippen molar-refractivity contribution in [1.82, 2.24) is 25.1 Å². The molecule has 2 amide bonds. The van der Waals surface area contributed by atoms with E-state index in [2.05, 4.69) is 25.8 Å². The van der Waals surface area contributed by atoms with E-state index < -0.39 is 0 Å². The number of carbonyl (C=O) groups excluding carboxylic acids is 2. The standard InChI is InChI=1S/C17H18N6O2S2/c1-10-3-5-11(6-4-10)15(25)18-8-14(24)20-16-19-12(9-27-16)7-13-21-22-17(26)23(13)2/h3-6,9H,7-8H2,1-2H3,(H,18,25)(H,22,26)(H,19,20,24). The van der Waals surface area contributed by atoms with Gasteiger partial charge in [0.1, 0.15) is 5.82 Å². The second-order valence-corrected chi connectivity index (χ2v) is 7.17. The third-order valence-electron chi connectivity index (χ3n) is 3.83. The van der Waals surface area contributed by atoms with Crippen LogP contribution < -0.4 is 10.6 Å². The Morgan fingerprint density at radius 2 is 2.04 bits per heavy atom. The smallest absolute Gasteiger partial charge is 0.251 e. The van der Waals surface area contributed by atoms with Crippen LogP contribution in [0.4, 0.5) is 5.13 Å². The predicted molar refractivity (Wildman–Crippen MR) is 105 cm³/mol. The van der Waals surface area contributed by atoms with E-state index in [0.29, 0.717) is 21.9 Å². The van der Waals surface area contributed by atoms with Gasteiger partial charge in [0, 0.05) is 18.0 Å². The van der Waals surface area contributed by atoms with Gasteiger partial charge in [-0.15, -0.1) is 11.3 Å². The fourth-order valence-corrected chi connectivity index (χ4v) is 3.15. The molecule has 0 aliphatic rings. The molecule has 2 heterocycles. The van der Waals surface area contributed by atoms with Crippen LogP contribution in [0.15, 0.2) is 29.6 Å². The van der Waals surface area contributed by atoms with Crippen molar-refractivity contribution in [2.45, 2.75) is 13.3 Å². The van der Waals surface area contributed by atoms with E-state index in [1.54, 1.807) is 16.7 Å². The van der Waals surface area contributed by atoms with Gasteiger partial charge in [-0.1, -0.05) is 17.7 Å². The fraction of sp³-hybridized carbons (Fsp3) is 0.235. The molecule has 3 rings (SSSR count). The quantitative estimate of drug-likeness (QED) is 0.548. The van der Waals surface area contributed by atoms with Gasteiger partial charge in [-0.3, -0.25) is 14.7 Å². The molecule has 0 radical (unpaired) electrons. The van der Waals surface area contributed by atoms with Crippen LogP contribution in [0.5, 0.6) is 0 Å². The second kappa shape index (κ2) is 8.23. The van der Waals surface area contributed by atoms with Gasteiger partial charge in [0.25, 0.3) is 5.91 Å². The third kappa shape index (κ3) is 4.86. The van der Waals surface area contributed by atoms with Crippen LogP contribution in [0.25, 0.3) is 0 Å². The Hall–Kier alpha value is -2.85. The highest BCUT2D eigenvalue weighted by atomic mass is 32.1. The Balaban J connectivity index is 1.51. The van der Waals surface area contributed by atoms with Gasteiger partial charge in [0.15, 0.2) is 9.90 Å². The number of nitrogens with zero attached hydrogens (tertiary/aromatic N) is 3. The fourth-order valence-electron chi connectivity index (χ4n) is 2.28. The Morgan fingerprint density at radius 1 is 1.30 bits per heavy atom. The largest absolute Gasteiger partial charge is 0.343 e. The van der Waals surface area contributed by atoms with Gasteiger partial charge >= 0.3 is 0 Å². The lowest BCUT2D eigenvalue weighted by molar-refractivity contribution is -0.115. The van der Waals surface area contributed by atoms with E-state index in [1.807, 2.05) is 31.5 Å². The number of amides is 2. The van der Waals surface area contributed by atoms with E-state index in [-0.39, 0.29) is 18.4 Å². The topological polar surface area (TPSA) is 105 Å². The summed E-state index contributed by atoms with van der Waals surface area (Å²) in [5.41, 5.74) is 2.35. The van der Waals surface area contributed by atoms with Crippen LogP contribution in [0.1, 0.15) is 27.4 Å². The first-order valence-electron chi connectivity index (χ1n) is 8.12. The molecule has 0 bridgehead atoms. The summed E-state index contributed by atoms with van der Waals surface area (Å²) in [5, 5.41) is 14.4. The van der Waals surface area contributed by atoms with Crippen LogP contribution in [0.3, 0.4) is 0 Å². The Morgan fingerprint density at radius 3 is 2.70 bits per heavy atom. The Bertz CT molecular complexity index is 1020. The average molecular weight is 403 g/mol. The molecule has 10 heteroatoms. The minimum Gasteiger partial charge on any atom is -0.343 e. The zero-order valence-corrected chi connectivity index (χ0v) is 16.4. The lowest BCUT2D eigenvalue weighted by atomic mass is 10.1. The molecule has 140 valence electrons. The van der Waals surface area contributed by atoms with Crippen molar-refractivity contribution in [2.75, 3.05) is 11.9 Å². The molecule has 2 aromatic heterocycles. The van der Waals surface area contributed by atoms with Crippen molar-refractivity contribution in [3.05, 3.63) is 57.1 Å². The van der Waals surface area contributed by atoms with Crippen molar-refractivity contribution in [2.24, 2.45) is 7.05 Å². The van der Waals surface area contributed by atoms with Crippen molar-refractivity contribution in [3.8, 4) is 0 Å². The maximum Gasteiger partial charge on any atom is 0.251 e. The summed E-state index contributed by atoms with van der Waals surface area (Å²) >= 11 is 6.39. The number of rotatable bonds is 6. The lowest BCUT2D eigenvalue weighted by Gasteiger charge is -2.05. The molecule has 0 aliphatic carbocycles. The number of hydrogen-bond donors (Lipinski definition) is 3. The summed E-state index contributed by atoms with van der Waals surface area (Å²) in [4.78, 5) is 28.4. The Kier molecular flexibility index (Phi) is 5.77. The van der Waals surface area contributed by atoms with E-state index in [4.69, 9.17) is 12.2 Å². The zero-order valence-electron chi connectivity index (χ0n) is 14.8. The molecule has 3 aromatic rings. The van der Waals surface area contributed by atoms with Crippen molar-refractivity contribution >= 4 is 40.5 Å². The maximum atomic E-state index is 12.0. The molecule has 0 unspecified atom stereocenters. The van der Waals surface area contributed by atoms with Gasteiger partial charge < -0.3 is 15.2 Å². The number of benzene rings is 1. The first kappa shape index (κ1) is 18.9. The normalized spacial score (nSPS) is 10.6. The van der Waals surface area contributed by atoms with Gasteiger partial charge in [-0.25, -0.2) is 4.98 Å². The molecule has 3 N–H and O–H groups in total. The van der Waals surface area contributed by atoms with E-state index in [1.165, 1.54) is 11.3 Å². The first-order valence-corrected chi connectivity index (χ1v) is 9.40. The Labute approximate surface area is 164 Å². The molecule has 0 aliphatic heterocycles. The number of hydrogen-bond acceptors (Lipinski definition) is 6. The summed E-state index contributed by atoms with van der Waals surface area (Å²) in [5.74, 6) is 0.124. The lowest BCUT2D eigenvalue weighted by Crippen LogP contribution is -2.32. The number of thiazole rings is 1. The molecule has 0 saturated carbocycles. The number of anilines is 1. The molecule has 0 fully saturated rings. The summed E-state index contributed by atoms with van der Waals surface area (Å²) in [6.07, 6.45) is 0.500. The maximum absolute atomic E-state index is 12.0. The highest BCUT2D eigenvalue weighted by Crippen LogP contribution is 2.17. The molecule has 8 nitrogen and oxygen atoms in total. The van der Waals surface area contributed by atoms with Crippen LogP contribution in [-0.4, -0.2) is 38.1 Å². The van der Waals surface area contributed by atoms with Crippen LogP contribution in [0.2, 0.25) is 0 Å². The van der Waals surface area contributed by atoms with Crippen LogP contribution in [0, 0.1) is 11.7 Å². The molecule has 0 atom stereocenters. The summed E-state index contributed by atoms with van der Waals surface area (Å²) < 4.78 is 2.31. The monoisotopic (exact) mass is 402 g/mol. The average Bonchev–Trinajstić information content (AvgIpc) is 3.22. The van der Waals surface area contributed by atoms with Gasteiger partial charge in [-0.2, -0.15) is 5.10 Å². The van der Waals surface area contributed by atoms with Crippen molar-refractivity contribution in [1.29, 1.82) is 0 Å². The van der Waals surface area contributed by atoms with E-state index >= 15 is 0 Å². The van der Waals surface area contributed by atoms with Gasteiger partial charge in [-0.05, 0) is 31.3 Å². The number of aromatic nitrogens is 4. The number of aryl methyl sites for hydroxylation is 1. The molecule has 0 saturated heterocycles. The van der Waals surface area contributed by atoms with Gasteiger partial charge in [0.2, 0.25) is 5.91 Å². The first-order chi connectivity index (χ1) is 12.9. The molecular weight excluding hydrogens is 384 g/mol. The number of nitrogens with one attached hydrogen (secondary N) is 3. The van der Waals surface area contributed by atoms with Crippen molar-refractivity contribution < 1.29 is 9.59 Å². The number of carbonyl (C=O) groups is 2. The molecule has 1 aromatic carbocycles. The van der Waals surface area contributed by atoms with Crippen LogP contribution in [-0.2, 0) is 18.3 Å². The SMILES string of the molecule is Cc1ccc(C(=O)NCC(=O)Nc2nc(Cc3n[nH]c(=S)n3C)cs2)cc1. The van der Waals surface area contributed by atoms with Crippen molar-refractivity contribution in [3.63, 3.8) is 0 Å². The predicted octanol–water partition coefficient (Wildman–Crippen LogP) is 2.20. The number of H-pyrrole nitrogens is 1. The highest BCUT2D eigenvalue weighted by molar-refractivity contribution is 7.71. The number of aromatic amines is 1. The van der Waals surface area contributed by atoms with Crippen LogP contribution >= 0.6 is 23.6 Å². The molecular formula is C17H18N6O2S2. The molecule has 27 heavy (non-hydrogen) atoms. The second-order valence-electron chi connectivity index (χ2n) is 5.92. The minimum atomic E-state index is -0.338. The summed E-state index contributed by atoms with van der Waals surface area (Å²) in [7, 11) is 1.83. The summed E-state index contributed by atoms with van der Waals surface area (Å²) in [6, 6.07) is 7.14. The molecule has 0 spiro atoms. The highest BCUT2D eigenvalue weighted by Gasteiger charge is 2.11. The van der Waals surface area contributed by atoms with E-state index in [0.717, 1.165) is 17.1 Å². The third-order valence-corrected chi connectivity index (χ3v) is 5.00. The van der Waals surface area contributed by atoms with E-state index in [9.17, 15) is 9.59 Å². The minimum absolute atomic E-state index is 0.130. The van der Waals surface area contributed by atoms with Gasteiger partial charge in [0.05, 0.1) is 18.7 Å². The summed E-state index contributed by atoms with van der Waals surface area (Å²) in [6.45, 7) is 1.81. The zero-order chi connectivity index (χ0) is 19.4.